The molecule has 8 nitrogen and oxygen atoms in total. The van der Waals surface area contributed by atoms with Crippen molar-refractivity contribution < 1.29 is 24.3 Å². The molecule has 0 radical (unpaired) electrons. The molecule has 1 saturated heterocycles. The van der Waals surface area contributed by atoms with Crippen LogP contribution in [0, 0.1) is 0 Å². The third-order valence-electron chi connectivity index (χ3n) is 4.51. The molecule has 1 aromatic rings. The van der Waals surface area contributed by atoms with Crippen molar-refractivity contribution in [3.05, 3.63) is 35.4 Å². The van der Waals surface area contributed by atoms with Crippen LogP contribution in [-0.4, -0.2) is 64.4 Å². The lowest BCUT2D eigenvalue weighted by molar-refractivity contribution is -0.138. The van der Waals surface area contributed by atoms with Gasteiger partial charge in [0, 0.05) is 13.1 Å². The van der Waals surface area contributed by atoms with Gasteiger partial charge < -0.3 is 15.3 Å². The zero-order valence-electron chi connectivity index (χ0n) is 14.9. The molecule has 0 atom stereocenters. The van der Waals surface area contributed by atoms with Crippen molar-refractivity contribution in [2.45, 2.75) is 32.2 Å². The van der Waals surface area contributed by atoms with E-state index in [1.54, 1.807) is 18.7 Å². The number of urea groups is 1. The number of carboxylic acid groups (broad SMARTS) is 1. The van der Waals surface area contributed by atoms with Crippen LogP contribution in [0.25, 0.3) is 0 Å². The van der Waals surface area contributed by atoms with E-state index in [1.807, 2.05) is 12.1 Å². The summed E-state index contributed by atoms with van der Waals surface area (Å²) in [5, 5.41) is 9.48. The number of imide groups is 1. The maximum Gasteiger partial charge on any atom is 0.325 e. The molecule has 0 bridgehead atoms. The normalized spacial score (nSPS) is 18.2. The van der Waals surface area contributed by atoms with E-state index in [0.29, 0.717) is 13.1 Å². The van der Waals surface area contributed by atoms with Crippen LogP contribution in [0.1, 0.15) is 25.0 Å². The van der Waals surface area contributed by atoms with Gasteiger partial charge in [0.1, 0.15) is 12.1 Å². The molecule has 2 aliphatic heterocycles. The van der Waals surface area contributed by atoms with Crippen LogP contribution in [0.4, 0.5) is 4.79 Å². The molecule has 26 heavy (non-hydrogen) atoms. The first-order chi connectivity index (χ1) is 12.3. The summed E-state index contributed by atoms with van der Waals surface area (Å²) in [6.07, 6.45) is 1.60. The Labute approximate surface area is 151 Å². The highest BCUT2D eigenvalue weighted by atomic mass is 16.3. The number of nitrogens with one attached hydrogen (secondary N) is 1. The first kappa shape index (κ1) is 19.4. The summed E-state index contributed by atoms with van der Waals surface area (Å²) in [6, 6.07) is 7.69. The monoisotopic (exact) mass is 361 g/mol. The van der Waals surface area contributed by atoms with Crippen molar-refractivity contribution in [2.75, 3.05) is 19.6 Å². The van der Waals surface area contributed by atoms with Crippen LogP contribution in [0.5, 0.6) is 0 Å². The van der Waals surface area contributed by atoms with E-state index in [9.17, 15) is 14.4 Å². The third kappa shape index (κ3) is 4.19. The Morgan fingerprint density at radius 1 is 1.19 bits per heavy atom. The van der Waals surface area contributed by atoms with E-state index in [2.05, 4.69) is 17.4 Å². The zero-order valence-corrected chi connectivity index (χ0v) is 14.9. The quantitative estimate of drug-likeness (QED) is 0.594. The van der Waals surface area contributed by atoms with Gasteiger partial charge in [-0.2, -0.15) is 0 Å². The Bertz CT molecular complexity index is 690. The molecule has 2 heterocycles. The summed E-state index contributed by atoms with van der Waals surface area (Å²) in [6.45, 7) is 4.07. The maximum absolute atomic E-state index is 12.5. The molecular formula is C18H23N3O5. The van der Waals surface area contributed by atoms with Gasteiger partial charge in [0.2, 0.25) is 5.91 Å². The van der Waals surface area contributed by atoms with Crippen molar-refractivity contribution in [3.63, 3.8) is 0 Å². The van der Waals surface area contributed by atoms with Gasteiger partial charge in [-0.15, -0.1) is 0 Å². The number of fused-ring (bicyclic) bond motifs is 1. The molecule has 0 aromatic heterocycles. The van der Waals surface area contributed by atoms with E-state index in [0.717, 1.165) is 17.7 Å². The standard InChI is InChI=1S/C17H21N3O3.CH2O2/c1-17(2)15(22)20(16(23)18-17)11-14(21)19-9-7-12-5-3-4-6-13(12)8-10-19;2-1-3/h3-6H,7-11H2,1-2H3,(H,18,23);1H,(H,2,3). The summed E-state index contributed by atoms with van der Waals surface area (Å²) in [7, 11) is 0. The predicted octanol–water partition coefficient (Wildman–Crippen LogP) is 0.645. The van der Waals surface area contributed by atoms with Gasteiger partial charge in [0.15, 0.2) is 0 Å². The first-order valence-corrected chi connectivity index (χ1v) is 8.36. The first-order valence-electron chi connectivity index (χ1n) is 8.36. The summed E-state index contributed by atoms with van der Waals surface area (Å²) in [4.78, 5) is 47.7. The summed E-state index contributed by atoms with van der Waals surface area (Å²) in [5.41, 5.74) is 1.59. The minimum Gasteiger partial charge on any atom is -0.483 e. The molecule has 0 saturated carbocycles. The number of rotatable bonds is 2. The van der Waals surface area contributed by atoms with Crippen LogP contribution in [-0.2, 0) is 27.2 Å². The number of hydrogen-bond donors (Lipinski definition) is 2. The largest absolute Gasteiger partial charge is 0.483 e. The van der Waals surface area contributed by atoms with Gasteiger partial charge >= 0.3 is 6.03 Å². The van der Waals surface area contributed by atoms with Crippen LogP contribution in [0.2, 0.25) is 0 Å². The Morgan fingerprint density at radius 2 is 1.69 bits per heavy atom. The Balaban J connectivity index is 0.000000758. The third-order valence-corrected chi connectivity index (χ3v) is 4.51. The van der Waals surface area contributed by atoms with Crippen molar-refractivity contribution in [2.24, 2.45) is 0 Å². The Morgan fingerprint density at radius 3 is 2.12 bits per heavy atom. The van der Waals surface area contributed by atoms with E-state index >= 15 is 0 Å². The second-order valence-corrected chi connectivity index (χ2v) is 6.70. The molecule has 4 amide bonds. The average Bonchev–Trinajstić information content (AvgIpc) is 2.75. The molecule has 1 aromatic carbocycles. The van der Waals surface area contributed by atoms with E-state index in [-0.39, 0.29) is 24.8 Å². The molecule has 2 N–H and O–H groups in total. The van der Waals surface area contributed by atoms with Gasteiger partial charge in [-0.1, -0.05) is 24.3 Å². The highest BCUT2D eigenvalue weighted by Crippen LogP contribution is 2.18. The number of carbonyl (C=O) groups is 4. The minimum absolute atomic E-state index is 0.181. The summed E-state index contributed by atoms with van der Waals surface area (Å²) in [5.74, 6) is -0.534. The van der Waals surface area contributed by atoms with Crippen molar-refractivity contribution in [1.82, 2.24) is 15.1 Å². The minimum atomic E-state index is -0.938. The molecule has 8 heteroatoms. The molecule has 1 fully saturated rings. The molecule has 2 aliphatic rings. The van der Waals surface area contributed by atoms with Crippen molar-refractivity contribution in [1.29, 1.82) is 0 Å². The van der Waals surface area contributed by atoms with Crippen molar-refractivity contribution >= 4 is 24.3 Å². The molecule has 0 unspecified atom stereocenters. The lowest BCUT2D eigenvalue weighted by atomic mass is 10.0. The SMILES string of the molecule is CC1(C)NC(=O)N(CC(=O)N2CCc3ccccc3CC2)C1=O.O=CO. The second kappa shape index (κ2) is 7.99. The number of amides is 4. The summed E-state index contributed by atoms with van der Waals surface area (Å²) < 4.78 is 0. The van der Waals surface area contributed by atoms with Gasteiger partial charge in [0.25, 0.3) is 12.4 Å². The Kier molecular flexibility index (Phi) is 5.97. The van der Waals surface area contributed by atoms with Crippen LogP contribution < -0.4 is 5.32 Å². The molecule has 0 spiro atoms. The zero-order chi connectivity index (χ0) is 19.3. The fraction of sp³-hybridized carbons (Fsp3) is 0.444. The molecule has 140 valence electrons. The van der Waals surface area contributed by atoms with E-state index < -0.39 is 11.6 Å². The lowest BCUT2D eigenvalue weighted by Gasteiger charge is -2.23. The second-order valence-electron chi connectivity index (χ2n) is 6.70. The highest BCUT2D eigenvalue weighted by Gasteiger charge is 2.45. The summed E-state index contributed by atoms with van der Waals surface area (Å²) >= 11 is 0. The molecular weight excluding hydrogens is 338 g/mol. The van der Waals surface area contributed by atoms with Crippen LogP contribution in [0.15, 0.2) is 24.3 Å². The Hall–Kier alpha value is -2.90. The van der Waals surface area contributed by atoms with Gasteiger partial charge in [-0.25, -0.2) is 4.79 Å². The van der Waals surface area contributed by atoms with Crippen LogP contribution in [0.3, 0.4) is 0 Å². The van der Waals surface area contributed by atoms with Gasteiger partial charge in [0.05, 0.1) is 0 Å². The van der Waals surface area contributed by atoms with Crippen molar-refractivity contribution in [3.8, 4) is 0 Å². The highest BCUT2D eigenvalue weighted by molar-refractivity contribution is 6.08. The van der Waals surface area contributed by atoms with Gasteiger partial charge in [-0.3, -0.25) is 19.3 Å². The number of benzene rings is 1. The topological polar surface area (TPSA) is 107 Å². The smallest absolute Gasteiger partial charge is 0.325 e. The predicted molar refractivity (Wildman–Crippen MR) is 93.4 cm³/mol. The van der Waals surface area contributed by atoms with E-state index in [4.69, 9.17) is 9.90 Å². The average molecular weight is 361 g/mol. The fourth-order valence-corrected chi connectivity index (χ4v) is 3.11. The molecule has 3 rings (SSSR count). The van der Waals surface area contributed by atoms with Gasteiger partial charge in [-0.05, 0) is 37.8 Å². The van der Waals surface area contributed by atoms with E-state index in [1.165, 1.54) is 11.1 Å². The van der Waals surface area contributed by atoms with Crippen LogP contribution >= 0.6 is 0 Å². The number of hydrogen-bond acceptors (Lipinski definition) is 4. The molecule has 0 aliphatic carbocycles. The maximum atomic E-state index is 12.5. The number of carbonyl (C=O) groups excluding carboxylic acids is 3. The number of nitrogens with zero attached hydrogens (tertiary/aromatic N) is 2. The fourth-order valence-electron chi connectivity index (χ4n) is 3.11. The lowest BCUT2D eigenvalue weighted by Crippen LogP contribution is -2.45.